The summed E-state index contributed by atoms with van der Waals surface area (Å²) >= 11 is 0. The van der Waals surface area contributed by atoms with Gasteiger partial charge in [-0.3, -0.25) is 9.59 Å². The Balaban J connectivity index is 1.67. The zero-order valence-corrected chi connectivity index (χ0v) is 16.9. The summed E-state index contributed by atoms with van der Waals surface area (Å²) in [5.41, 5.74) is -0.164. The number of likely N-dealkylation sites (tertiary alicyclic amines) is 1. The predicted octanol–water partition coefficient (Wildman–Crippen LogP) is 4.26. The molecule has 150 valence electrons. The van der Waals surface area contributed by atoms with Crippen LogP contribution in [0, 0.1) is 5.92 Å². The highest BCUT2D eigenvalue weighted by Crippen LogP contribution is 2.29. The molecule has 2 amide bonds. The first-order chi connectivity index (χ1) is 12.9. The second kappa shape index (κ2) is 8.44. The van der Waals surface area contributed by atoms with Crippen molar-refractivity contribution in [2.75, 3.05) is 11.9 Å². The Morgan fingerprint density at radius 2 is 1.74 bits per heavy atom. The summed E-state index contributed by atoms with van der Waals surface area (Å²) in [5.74, 6) is 1.27. The van der Waals surface area contributed by atoms with E-state index in [1.807, 2.05) is 25.7 Å². The van der Waals surface area contributed by atoms with Crippen molar-refractivity contribution in [3.63, 3.8) is 0 Å². The number of hydrogen-bond donors (Lipinski definition) is 1. The molecule has 1 aromatic rings. The summed E-state index contributed by atoms with van der Waals surface area (Å²) in [6.07, 6.45) is 9.26. The Morgan fingerprint density at radius 1 is 1.07 bits per heavy atom. The van der Waals surface area contributed by atoms with Crippen LogP contribution in [0.2, 0.25) is 0 Å². The molecule has 2 fully saturated rings. The van der Waals surface area contributed by atoms with Gasteiger partial charge in [-0.25, -0.2) is 0 Å². The number of aromatic nitrogens is 1. The van der Waals surface area contributed by atoms with E-state index < -0.39 is 6.04 Å². The van der Waals surface area contributed by atoms with E-state index in [0.29, 0.717) is 18.8 Å². The van der Waals surface area contributed by atoms with Crippen LogP contribution < -0.4 is 5.32 Å². The van der Waals surface area contributed by atoms with E-state index in [0.717, 1.165) is 44.3 Å². The number of nitrogens with zero attached hydrogens (tertiary/aromatic N) is 2. The number of piperidine rings is 1. The largest absolute Gasteiger partial charge is 0.359 e. The maximum absolute atomic E-state index is 13.1. The molecule has 0 radical (unpaired) electrons. The molecule has 0 spiro atoms. The van der Waals surface area contributed by atoms with Gasteiger partial charge >= 0.3 is 0 Å². The second-order valence-electron chi connectivity index (χ2n) is 9.05. The van der Waals surface area contributed by atoms with Gasteiger partial charge in [0.05, 0.1) is 0 Å². The fourth-order valence-corrected chi connectivity index (χ4v) is 4.13. The minimum Gasteiger partial charge on any atom is -0.359 e. The third kappa shape index (κ3) is 4.90. The van der Waals surface area contributed by atoms with Gasteiger partial charge < -0.3 is 14.7 Å². The quantitative estimate of drug-likeness (QED) is 0.801. The lowest BCUT2D eigenvalue weighted by molar-refractivity contribution is -0.144. The Kier molecular flexibility index (Phi) is 6.22. The molecular weight excluding hydrogens is 342 g/mol. The minimum atomic E-state index is -0.399. The highest BCUT2D eigenvalue weighted by atomic mass is 16.5. The topological polar surface area (TPSA) is 75.4 Å². The highest BCUT2D eigenvalue weighted by Gasteiger charge is 2.36. The normalized spacial score (nSPS) is 22.3. The average Bonchev–Trinajstić information content (AvgIpc) is 2.95. The van der Waals surface area contributed by atoms with Gasteiger partial charge in [-0.15, -0.1) is 0 Å². The summed E-state index contributed by atoms with van der Waals surface area (Å²) in [4.78, 5) is 27.9. The van der Waals surface area contributed by atoms with E-state index in [1.165, 1.54) is 12.8 Å². The maximum atomic E-state index is 13.1. The van der Waals surface area contributed by atoms with E-state index in [1.54, 1.807) is 6.07 Å². The van der Waals surface area contributed by atoms with Crippen molar-refractivity contribution in [2.45, 2.75) is 90.0 Å². The van der Waals surface area contributed by atoms with Crippen LogP contribution in [0.15, 0.2) is 10.6 Å². The number of carbonyl (C=O) groups excluding carboxylic acids is 2. The zero-order valence-electron chi connectivity index (χ0n) is 16.9. The first-order valence-electron chi connectivity index (χ1n) is 10.4. The Morgan fingerprint density at radius 3 is 2.37 bits per heavy atom. The summed E-state index contributed by atoms with van der Waals surface area (Å²) in [7, 11) is 0. The van der Waals surface area contributed by atoms with Gasteiger partial charge in [0.2, 0.25) is 11.8 Å². The highest BCUT2D eigenvalue weighted by molar-refractivity contribution is 5.97. The first-order valence-corrected chi connectivity index (χ1v) is 10.4. The number of nitrogens with one attached hydrogen (secondary N) is 1. The summed E-state index contributed by atoms with van der Waals surface area (Å²) in [5, 5.41) is 6.85. The van der Waals surface area contributed by atoms with Crippen molar-refractivity contribution in [1.29, 1.82) is 0 Å². The Bertz CT molecular complexity index is 654. The molecule has 1 aliphatic carbocycles. The maximum Gasteiger partial charge on any atom is 0.248 e. The molecule has 1 saturated carbocycles. The molecule has 0 bridgehead atoms. The summed E-state index contributed by atoms with van der Waals surface area (Å²) in [6.45, 7) is 6.79. The van der Waals surface area contributed by atoms with E-state index in [4.69, 9.17) is 4.52 Å². The monoisotopic (exact) mass is 375 g/mol. The van der Waals surface area contributed by atoms with Crippen LogP contribution in [0.25, 0.3) is 0 Å². The number of carbonyl (C=O) groups is 2. The van der Waals surface area contributed by atoms with Gasteiger partial charge in [0.1, 0.15) is 11.8 Å². The van der Waals surface area contributed by atoms with Crippen molar-refractivity contribution >= 4 is 17.6 Å². The summed E-state index contributed by atoms with van der Waals surface area (Å²) < 4.78 is 5.36. The molecule has 1 aliphatic heterocycles. The molecule has 3 rings (SSSR count). The lowest BCUT2D eigenvalue weighted by Gasteiger charge is -2.36. The lowest BCUT2D eigenvalue weighted by atomic mass is 9.93. The molecule has 2 aliphatic rings. The van der Waals surface area contributed by atoms with Gasteiger partial charge in [0, 0.05) is 23.9 Å². The SMILES string of the molecule is CC(C)(C)c1cc(NC(=O)[C@@H]2CCCCN2C(=O)C2CCCCCC2)no1. The molecule has 1 N–H and O–H groups in total. The van der Waals surface area contributed by atoms with Crippen molar-refractivity contribution in [1.82, 2.24) is 10.1 Å². The molecule has 6 nitrogen and oxygen atoms in total. The van der Waals surface area contributed by atoms with Gasteiger partial charge in [-0.05, 0) is 32.1 Å². The van der Waals surface area contributed by atoms with Gasteiger partial charge in [0.15, 0.2) is 5.82 Å². The number of hydrogen-bond acceptors (Lipinski definition) is 4. The zero-order chi connectivity index (χ0) is 19.4. The number of amides is 2. The lowest BCUT2D eigenvalue weighted by Crippen LogP contribution is -2.51. The molecule has 1 aromatic heterocycles. The van der Waals surface area contributed by atoms with Gasteiger partial charge in [-0.1, -0.05) is 51.6 Å². The number of anilines is 1. The number of rotatable bonds is 3. The molecular formula is C21H33N3O3. The first kappa shape index (κ1) is 19.9. The third-order valence-electron chi connectivity index (χ3n) is 5.79. The molecule has 1 saturated heterocycles. The molecule has 0 unspecified atom stereocenters. The van der Waals surface area contributed by atoms with Gasteiger partial charge in [0.25, 0.3) is 0 Å². The molecule has 1 atom stereocenters. The van der Waals surface area contributed by atoms with Crippen LogP contribution >= 0.6 is 0 Å². The van der Waals surface area contributed by atoms with E-state index in [9.17, 15) is 9.59 Å². The van der Waals surface area contributed by atoms with Gasteiger partial charge in [-0.2, -0.15) is 0 Å². The van der Waals surface area contributed by atoms with Crippen LogP contribution in [-0.4, -0.2) is 34.5 Å². The molecule has 27 heavy (non-hydrogen) atoms. The van der Waals surface area contributed by atoms with Crippen LogP contribution in [0.4, 0.5) is 5.82 Å². The van der Waals surface area contributed by atoms with Crippen LogP contribution in [0.1, 0.15) is 84.3 Å². The van der Waals surface area contributed by atoms with Crippen molar-refractivity contribution in [3.8, 4) is 0 Å². The predicted molar refractivity (Wildman–Crippen MR) is 104 cm³/mol. The van der Waals surface area contributed by atoms with Crippen LogP contribution in [0.5, 0.6) is 0 Å². The van der Waals surface area contributed by atoms with Crippen molar-refractivity contribution in [3.05, 3.63) is 11.8 Å². The second-order valence-corrected chi connectivity index (χ2v) is 9.05. The fraction of sp³-hybridized carbons (Fsp3) is 0.762. The smallest absolute Gasteiger partial charge is 0.248 e. The molecule has 2 heterocycles. The van der Waals surface area contributed by atoms with E-state index in [2.05, 4.69) is 10.5 Å². The Hall–Kier alpha value is -1.85. The molecule has 0 aromatic carbocycles. The fourth-order valence-electron chi connectivity index (χ4n) is 4.13. The Labute approximate surface area is 162 Å². The van der Waals surface area contributed by atoms with E-state index >= 15 is 0 Å². The van der Waals surface area contributed by atoms with Crippen molar-refractivity contribution in [2.24, 2.45) is 5.92 Å². The summed E-state index contributed by atoms with van der Waals surface area (Å²) in [6, 6.07) is 1.38. The minimum absolute atomic E-state index is 0.0837. The van der Waals surface area contributed by atoms with Crippen LogP contribution in [0.3, 0.4) is 0 Å². The molecule has 6 heteroatoms. The van der Waals surface area contributed by atoms with Crippen molar-refractivity contribution < 1.29 is 14.1 Å². The third-order valence-corrected chi connectivity index (χ3v) is 5.79. The standard InChI is InChI=1S/C21H33N3O3/c1-21(2,3)17-14-18(23-27-17)22-19(25)16-12-8-9-13-24(16)20(26)15-10-6-4-5-7-11-15/h14-16H,4-13H2,1-3H3,(H,22,23,25)/t16-/m0/s1. The van der Waals surface area contributed by atoms with E-state index in [-0.39, 0.29) is 23.1 Å². The van der Waals surface area contributed by atoms with Crippen LogP contribution in [-0.2, 0) is 15.0 Å². The average molecular weight is 376 g/mol.